The van der Waals surface area contributed by atoms with Gasteiger partial charge in [-0.3, -0.25) is 4.79 Å². The Morgan fingerprint density at radius 2 is 1.79 bits per heavy atom. The number of halogens is 1. The van der Waals surface area contributed by atoms with Gasteiger partial charge in [-0.15, -0.1) is 0 Å². The molecule has 2 heterocycles. The third kappa shape index (κ3) is 3.88. The minimum atomic E-state index is -3.44. The summed E-state index contributed by atoms with van der Waals surface area (Å²) in [5.74, 6) is 0.0363. The largest absolute Gasteiger partial charge is 0.312 e. The van der Waals surface area contributed by atoms with Crippen molar-refractivity contribution in [1.29, 1.82) is 0 Å². The van der Waals surface area contributed by atoms with E-state index < -0.39 is 10.0 Å². The van der Waals surface area contributed by atoms with Crippen molar-refractivity contribution in [2.24, 2.45) is 0 Å². The second kappa shape index (κ2) is 7.97. The topological polar surface area (TPSA) is 57.7 Å². The number of rotatable bonds is 4. The number of nitrogens with zero attached hydrogens (tertiary/aromatic N) is 2. The zero-order chi connectivity index (χ0) is 19.7. The minimum Gasteiger partial charge on any atom is -0.312 e. The second-order valence-electron chi connectivity index (χ2n) is 7.36. The maximum Gasteiger partial charge on any atom is 0.243 e. The number of aryl methyl sites for hydroxylation is 1. The SMILES string of the molecule is O=C(Cc1cccc(Br)c1)N1CCCc2cc(S(=O)(=O)N3CCCC3)ccc21. The van der Waals surface area contributed by atoms with Crippen molar-refractivity contribution in [2.45, 2.75) is 37.0 Å². The highest BCUT2D eigenvalue weighted by atomic mass is 79.9. The third-order valence-corrected chi connectivity index (χ3v) is 7.81. The Kier molecular flexibility index (Phi) is 5.58. The monoisotopic (exact) mass is 462 g/mol. The van der Waals surface area contributed by atoms with Gasteiger partial charge in [-0.1, -0.05) is 28.1 Å². The van der Waals surface area contributed by atoms with Crippen molar-refractivity contribution >= 4 is 37.5 Å². The van der Waals surface area contributed by atoms with Gasteiger partial charge in [-0.05, 0) is 67.1 Å². The van der Waals surface area contributed by atoms with Gasteiger partial charge >= 0.3 is 0 Å². The highest BCUT2D eigenvalue weighted by molar-refractivity contribution is 9.10. The maximum atomic E-state index is 12.9. The number of carbonyl (C=O) groups excluding carboxylic acids is 1. The summed E-state index contributed by atoms with van der Waals surface area (Å²) in [6, 6.07) is 13.0. The van der Waals surface area contributed by atoms with Crippen LogP contribution in [-0.2, 0) is 27.7 Å². The molecule has 1 fully saturated rings. The average Bonchev–Trinajstić information content (AvgIpc) is 3.22. The molecule has 4 rings (SSSR count). The summed E-state index contributed by atoms with van der Waals surface area (Å²) < 4.78 is 28.2. The van der Waals surface area contributed by atoms with Crippen LogP contribution in [0.1, 0.15) is 30.4 Å². The van der Waals surface area contributed by atoms with Crippen LogP contribution in [-0.4, -0.2) is 38.3 Å². The minimum absolute atomic E-state index is 0.0363. The first-order valence-corrected chi connectivity index (χ1v) is 11.9. The zero-order valence-electron chi connectivity index (χ0n) is 15.6. The molecule has 0 saturated carbocycles. The van der Waals surface area contributed by atoms with Crippen LogP contribution in [0.15, 0.2) is 51.8 Å². The molecule has 148 valence electrons. The number of fused-ring (bicyclic) bond motifs is 1. The van der Waals surface area contributed by atoms with E-state index in [1.807, 2.05) is 24.3 Å². The van der Waals surface area contributed by atoms with Gasteiger partial charge in [0.25, 0.3) is 0 Å². The Labute approximate surface area is 174 Å². The molecule has 2 aromatic rings. The van der Waals surface area contributed by atoms with Crippen LogP contribution in [0.2, 0.25) is 0 Å². The van der Waals surface area contributed by atoms with Gasteiger partial charge in [0.05, 0.1) is 11.3 Å². The molecular formula is C21H23BrN2O3S. The fraction of sp³-hybridized carbons (Fsp3) is 0.381. The average molecular weight is 463 g/mol. The summed E-state index contributed by atoms with van der Waals surface area (Å²) >= 11 is 3.44. The molecule has 7 heteroatoms. The molecule has 0 N–H and O–H groups in total. The lowest BCUT2D eigenvalue weighted by molar-refractivity contribution is -0.118. The van der Waals surface area contributed by atoms with E-state index in [0.717, 1.165) is 47.0 Å². The molecule has 0 aromatic heterocycles. The van der Waals surface area contributed by atoms with Crippen LogP contribution < -0.4 is 4.90 Å². The van der Waals surface area contributed by atoms with Gasteiger partial charge in [0.15, 0.2) is 0 Å². The number of hydrogen-bond acceptors (Lipinski definition) is 3. The number of sulfonamides is 1. The van der Waals surface area contributed by atoms with E-state index in [1.165, 1.54) is 0 Å². The van der Waals surface area contributed by atoms with Gasteiger partial charge in [0.2, 0.25) is 15.9 Å². The molecule has 5 nitrogen and oxygen atoms in total. The van der Waals surface area contributed by atoms with Crippen molar-refractivity contribution in [3.63, 3.8) is 0 Å². The highest BCUT2D eigenvalue weighted by Crippen LogP contribution is 2.31. The number of benzene rings is 2. The molecule has 0 radical (unpaired) electrons. The molecule has 2 aliphatic heterocycles. The maximum absolute atomic E-state index is 12.9. The Hall–Kier alpha value is -1.70. The summed E-state index contributed by atoms with van der Waals surface area (Å²) in [5, 5.41) is 0. The van der Waals surface area contributed by atoms with E-state index >= 15 is 0 Å². The normalized spacial score (nSPS) is 17.5. The number of hydrogen-bond donors (Lipinski definition) is 0. The Morgan fingerprint density at radius 3 is 2.54 bits per heavy atom. The van der Waals surface area contributed by atoms with Gasteiger partial charge in [-0.25, -0.2) is 8.42 Å². The van der Waals surface area contributed by atoms with Crippen molar-refractivity contribution in [3.8, 4) is 0 Å². The van der Waals surface area contributed by atoms with Crippen LogP contribution >= 0.6 is 15.9 Å². The second-order valence-corrected chi connectivity index (χ2v) is 10.2. The van der Waals surface area contributed by atoms with Gasteiger partial charge in [0, 0.05) is 29.8 Å². The molecule has 0 atom stereocenters. The van der Waals surface area contributed by atoms with Crippen LogP contribution in [0.25, 0.3) is 0 Å². The summed E-state index contributed by atoms with van der Waals surface area (Å²) in [6.45, 7) is 1.85. The van der Waals surface area contributed by atoms with E-state index in [0.29, 0.717) is 31.0 Å². The first kappa shape index (κ1) is 19.6. The molecular weight excluding hydrogens is 440 g/mol. The quantitative estimate of drug-likeness (QED) is 0.694. The van der Waals surface area contributed by atoms with Crippen molar-refractivity contribution in [3.05, 3.63) is 58.1 Å². The molecule has 1 saturated heterocycles. The smallest absolute Gasteiger partial charge is 0.243 e. The molecule has 0 unspecified atom stereocenters. The van der Waals surface area contributed by atoms with Gasteiger partial charge in [0.1, 0.15) is 0 Å². The van der Waals surface area contributed by atoms with E-state index in [2.05, 4.69) is 15.9 Å². The van der Waals surface area contributed by atoms with Crippen LogP contribution in [0.4, 0.5) is 5.69 Å². The lowest BCUT2D eigenvalue weighted by Gasteiger charge is -2.30. The molecule has 0 spiro atoms. The number of carbonyl (C=O) groups is 1. The molecule has 0 bridgehead atoms. The summed E-state index contributed by atoms with van der Waals surface area (Å²) in [6.07, 6.45) is 3.79. The van der Waals surface area contributed by atoms with Gasteiger partial charge in [-0.2, -0.15) is 4.31 Å². The van der Waals surface area contributed by atoms with Crippen molar-refractivity contribution in [1.82, 2.24) is 4.31 Å². The van der Waals surface area contributed by atoms with Crippen LogP contribution in [0.5, 0.6) is 0 Å². The fourth-order valence-corrected chi connectivity index (χ4v) is 6.00. The van der Waals surface area contributed by atoms with Gasteiger partial charge < -0.3 is 4.90 Å². The highest BCUT2D eigenvalue weighted by Gasteiger charge is 2.29. The van der Waals surface area contributed by atoms with Crippen molar-refractivity contribution < 1.29 is 13.2 Å². The van der Waals surface area contributed by atoms with E-state index in [-0.39, 0.29) is 5.91 Å². The lowest BCUT2D eigenvalue weighted by Crippen LogP contribution is -2.36. The summed E-state index contributed by atoms with van der Waals surface area (Å²) in [5.41, 5.74) is 2.74. The van der Waals surface area contributed by atoms with E-state index in [4.69, 9.17) is 0 Å². The number of amides is 1. The Bertz CT molecular complexity index is 1000. The van der Waals surface area contributed by atoms with E-state index in [9.17, 15) is 13.2 Å². The molecule has 0 aliphatic carbocycles. The third-order valence-electron chi connectivity index (χ3n) is 5.42. The summed E-state index contributed by atoms with van der Waals surface area (Å²) in [4.78, 5) is 15.1. The standard InChI is InChI=1S/C21H23BrN2O3S/c22-18-7-3-5-16(13-18)14-21(25)24-12-4-6-17-15-19(8-9-20(17)24)28(26,27)23-10-1-2-11-23/h3,5,7-9,13,15H,1-2,4,6,10-12,14H2. The molecule has 1 amide bonds. The van der Waals surface area contributed by atoms with Crippen LogP contribution in [0, 0.1) is 0 Å². The van der Waals surface area contributed by atoms with Crippen LogP contribution in [0.3, 0.4) is 0 Å². The number of anilines is 1. The summed E-state index contributed by atoms with van der Waals surface area (Å²) in [7, 11) is -3.44. The Morgan fingerprint density at radius 1 is 1.00 bits per heavy atom. The molecule has 2 aliphatic rings. The predicted octanol–water partition coefficient (Wildman–Crippen LogP) is 3.76. The van der Waals surface area contributed by atoms with E-state index in [1.54, 1.807) is 27.4 Å². The van der Waals surface area contributed by atoms with Crippen molar-refractivity contribution in [2.75, 3.05) is 24.5 Å². The molecule has 2 aromatic carbocycles. The first-order valence-electron chi connectivity index (χ1n) is 9.63. The fourth-order valence-electron chi connectivity index (χ4n) is 3.99. The predicted molar refractivity (Wildman–Crippen MR) is 113 cm³/mol. The first-order chi connectivity index (χ1) is 13.4. The lowest BCUT2D eigenvalue weighted by atomic mass is 10.0. The molecule has 28 heavy (non-hydrogen) atoms. The Balaban J connectivity index is 1.59. The zero-order valence-corrected chi connectivity index (χ0v) is 18.0.